The van der Waals surface area contributed by atoms with Crippen molar-refractivity contribution < 1.29 is 49.0 Å². The molecule has 51 heavy (non-hydrogen) atoms. The summed E-state index contributed by atoms with van der Waals surface area (Å²) in [4.78, 5) is 0. The minimum Gasteiger partial charge on any atom is -1.00 e. The average Bonchev–Trinajstić information content (AvgIpc) is 3.56. The van der Waals surface area contributed by atoms with Crippen molar-refractivity contribution in [3.8, 4) is 0 Å². The topological polar surface area (TPSA) is 0 Å². The Bertz CT molecular complexity index is 1750. The van der Waals surface area contributed by atoms with Gasteiger partial charge in [-0.05, 0) is 72.5 Å². The molecule has 9 rings (SSSR count). The van der Waals surface area contributed by atoms with E-state index in [1.807, 2.05) is 0 Å². The van der Waals surface area contributed by atoms with Crippen molar-refractivity contribution in [1.29, 1.82) is 0 Å². The van der Waals surface area contributed by atoms with Gasteiger partial charge in [0.05, 0.1) is 0 Å². The first-order chi connectivity index (χ1) is 23.1. The standard InChI is InChI=1S/C21H25.C18H25.C9H10.2ClH.Zr/c1-20(2,3)16-7-9-18-14(12-16)11-15-13-17(21(4,5)6)8-10-19(15)18;1-12-3-13(2)17(4-12)11-18-8-14-5-15(9-18)7-16(6-14)10-18;1-2-6-9-7-4-3-5-8-9;;;/h7-13H,1-6H3;4,12,14-16H,5-11H2,1-2H3;3-5,7-8H,2H2,1H3;2*1H;/q2*-1;;;;+2/p-2. The van der Waals surface area contributed by atoms with Gasteiger partial charge in [-0.3, -0.25) is 6.08 Å². The SMILES string of the molecule is CC(C)(C)c1ccc2c(c1)[cH-]c1cc(C(C)(C)C)ccc12.CC1=[C-]C(C)C=C1CC12CC3CC(CC(C3)C1)C2.CC[C](=[Zr+2])c1ccccc1.[Cl-].[Cl-]. The zero-order valence-corrected chi connectivity index (χ0v) is 36.7. The third-order valence-electron chi connectivity index (χ3n) is 12.0. The Morgan fingerprint density at radius 2 is 1.24 bits per heavy atom. The van der Waals surface area contributed by atoms with Gasteiger partial charge < -0.3 is 24.8 Å². The van der Waals surface area contributed by atoms with E-state index in [0.29, 0.717) is 11.3 Å². The van der Waals surface area contributed by atoms with Crippen molar-refractivity contribution in [3.63, 3.8) is 0 Å². The molecule has 5 aliphatic carbocycles. The van der Waals surface area contributed by atoms with Crippen molar-refractivity contribution in [3.05, 3.63) is 113 Å². The van der Waals surface area contributed by atoms with E-state index in [1.54, 1.807) is 47.3 Å². The van der Waals surface area contributed by atoms with Crippen molar-refractivity contribution >= 4 is 24.8 Å². The normalized spacial score (nSPS) is 24.8. The van der Waals surface area contributed by atoms with Crippen LogP contribution in [0.3, 0.4) is 0 Å². The van der Waals surface area contributed by atoms with E-state index in [4.69, 9.17) is 0 Å². The van der Waals surface area contributed by atoms with Gasteiger partial charge in [0, 0.05) is 0 Å². The summed E-state index contributed by atoms with van der Waals surface area (Å²) in [6.45, 7) is 20.4. The quantitative estimate of drug-likeness (QED) is 0.189. The van der Waals surface area contributed by atoms with E-state index < -0.39 is 0 Å². The Labute approximate surface area is 337 Å². The molecule has 272 valence electrons. The molecule has 0 amide bonds. The van der Waals surface area contributed by atoms with Crippen LogP contribution in [0, 0.1) is 35.2 Å². The minimum atomic E-state index is 0. The Balaban J connectivity index is 0.000000178. The molecule has 4 aromatic carbocycles. The maximum Gasteiger partial charge on any atom is -1.00 e. The van der Waals surface area contributed by atoms with Gasteiger partial charge in [-0.2, -0.15) is 11.6 Å². The molecule has 0 aromatic heterocycles. The second-order valence-corrected chi connectivity index (χ2v) is 19.8. The molecule has 0 aliphatic heterocycles. The van der Waals surface area contributed by atoms with Crippen LogP contribution in [0.15, 0.2) is 90.0 Å². The third kappa shape index (κ3) is 9.91. The summed E-state index contributed by atoms with van der Waals surface area (Å²) < 4.78 is 1.55. The third-order valence-corrected chi connectivity index (χ3v) is 13.6. The van der Waals surface area contributed by atoms with Crippen molar-refractivity contribution in [1.82, 2.24) is 0 Å². The van der Waals surface area contributed by atoms with Crippen LogP contribution >= 0.6 is 0 Å². The van der Waals surface area contributed by atoms with Crippen LogP contribution in [-0.4, -0.2) is 3.21 Å². The zero-order chi connectivity index (χ0) is 35.1. The van der Waals surface area contributed by atoms with Crippen molar-refractivity contribution in [2.45, 2.75) is 125 Å². The van der Waals surface area contributed by atoms with E-state index in [0.717, 1.165) is 17.8 Å². The fraction of sp³-hybridized carbons (Fsp3) is 0.500. The van der Waals surface area contributed by atoms with Crippen LogP contribution in [0.1, 0.15) is 130 Å². The number of hydrogen-bond donors (Lipinski definition) is 0. The molecule has 0 spiro atoms. The molecule has 1 unspecified atom stereocenters. The van der Waals surface area contributed by atoms with Crippen molar-refractivity contribution in [2.24, 2.45) is 29.1 Å². The van der Waals surface area contributed by atoms with Gasteiger partial charge in [0.25, 0.3) is 0 Å². The van der Waals surface area contributed by atoms with Gasteiger partial charge >= 0.3 is 76.7 Å². The summed E-state index contributed by atoms with van der Waals surface area (Å²) >= 11 is 1.54. The molecule has 0 radical (unpaired) electrons. The van der Waals surface area contributed by atoms with Gasteiger partial charge in [-0.15, -0.1) is 39.7 Å². The number of rotatable bonds is 4. The molecule has 4 bridgehead atoms. The first kappa shape index (κ1) is 42.1. The molecule has 5 aliphatic rings. The summed E-state index contributed by atoms with van der Waals surface area (Å²) in [6.07, 6.45) is 17.9. The Morgan fingerprint density at radius 1 is 0.765 bits per heavy atom. The largest absolute Gasteiger partial charge is 1.00 e. The first-order valence-corrected chi connectivity index (χ1v) is 20.4. The Kier molecular flexibility index (Phi) is 13.9. The molecule has 0 heterocycles. The van der Waals surface area contributed by atoms with Crippen LogP contribution < -0.4 is 24.8 Å². The fourth-order valence-electron chi connectivity index (χ4n) is 9.80. The molecule has 3 heteroatoms. The van der Waals surface area contributed by atoms with Crippen LogP contribution in [0.25, 0.3) is 21.5 Å². The maximum absolute atomic E-state index is 3.57. The van der Waals surface area contributed by atoms with Crippen molar-refractivity contribution in [2.75, 3.05) is 0 Å². The minimum absolute atomic E-state index is 0. The summed E-state index contributed by atoms with van der Waals surface area (Å²) in [5.41, 5.74) is 8.42. The van der Waals surface area contributed by atoms with Gasteiger partial charge in [0.2, 0.25) is 0 Å². The second kappa shape index (κ2) is 16.8. The second-order valence-electron chi connectivity index (χ2n) is 18.3. The van der Waals surface area contributed by atoms with E-state index >= 15 is 0 Å². The Hall–Kier alpha value is -1.66. The average molecular weight is 799 g/mol. The van der Waals surface area contributed by atoms with Gasteiger partial charge in [0.1, 0.15) is 0 Å². The predicted octanol–water partition coefficient (Wildman–Crippen LogP) is 7.40. The molecule has 4 fully saturated rings. The molecule has 0 nitrogen and oxygen atoms in total. The van der Waals surface area contributed by atoms with E-state index in [9.17, 15) is 0 Å². The smallest absolute Gasteiger partial charge is 1.00 e. The summed E-state index contributed by atoms with van der Waals surface area (Å²) in [5, 5.41) is 5.48. The van der Waals surface area contributed by atoms with Crippen LogP contribution in [0.5, 0.6) is 0 Å². The maximum atomic E-state index is 3.57. The molecule has 4 aromatic rings. The summed E-state index contributed by atoms with van der Waals surface area (Å²) in [6, 6.07) is 26.8. The molecule has 0 saturated heterocycles. The fourth-order valence-corrected chi connectivity index (χ4v) is 10.2. The molecular weight excluding hydrogens is 739 g/mol. The van der Waals surface area contributed by atoms with Gasteiger partial charge in [0.15, 0.2) is 0 Å². The van der Waals surface area contributed by atoms with E-state index in [2.05, 4.69) is 147 Å². The monoisotopic (exact) mass is 796 g/mol. The van der Waals surface area contributed by atoms with Crippen LogP contribution in [0.2, 0.25) is 0 Å². The number of halogens is 2. The van der Waals surface area contributed by atoms with Crippen LogP contribution in [-0.2, 0) is 35.1 Å². The van der Waals surface area contributed by atoms with Gasteiger partial charge in [-0.25, -0.2) is 5.57 Å². The molecule has 0 N–H and O–H groups in total. The van der Waals surface area contributed by atoms with E-state index in [-0.39, 0.29) is 35.6 Å². The number of allylic oxidation sites excluding steroid dienone is 4. The molecular formula is C48H60Cl2Zr-2. The van der Waals surface area contributed by atoms with E-state index in [1.165, 1.54) is 80.9 Å². The Morgan fingerprint density at radius 3 is 1.63 bits per heavy atom. The number of benzene rings is 3. The predicted molar refractivity (Wildman–Crippen MR) is 210 cm³/mol. The van der Waals surface area contributed by atoms with Crippen LogP contribution in [0.4, 0.5) is 0 Å². The first-order valence-electron chi connectivity index (χ1n) is 19.2. The molecule has 4 saturated carbocycles. The zero-order valence-electron chi connectivity index (χ0n) is 32.7. The summed E-state index contributed by atoms with van der Waals surface area (Å²) in [5.74, 6) is 3.82. The molecule has 1 atom stereocenters. The number of fused-ring (bicyclic) bond motifs is 3. The number of hydrogen-bond acceptors (Lipinski definition) is 0. The summed E-state index contributed by atoms with van der Waals surface area (Å²) in [7, 11) is 0. The van der Waals surface area contributed by atoms with Gasteiger partial charge in [-0.1, -0.05) is 103 Å².